The molecule has 0 unspecified atom stereocenters. The number of cyclic esters (lactones) is 1. The van der Waals surface area contributed by atoms with E-state index in [0.29, 0.717) is 68.5 Å². The highest BCUT2D eigenvalue weighted by molar-refractivity contribution is 5.79. The Labute approximate surface area is 312 Å². The molecule has 2 aromatic rings. The summed E-state index contributed by atoms with van der Waals surface area (Å²) in [6.07, 6.45) is 5.18. The Morgan fingerprint density at radius 3 is 2.41 bits per heavy atom. The SMILES string of the molecule is C.CC(=O)N1CCC(n2nnc3c(F)cc(/C=C(\C)[C@H]4OC(=O)C[C@H](O)CC[C@H](C)[C@@H](OC(=O)N5CCN(C)CC5)/C=C/[C@@H]4C)cc32)CC1.[2HH].[2H][2H].[2H][2H].[2H][2H].[2H][2H].[2H][2H].[2H][2H].[2H][2H]. The van der Waals surface area contributed by atoms with Crippen molar-refractivity contribution in [1.82, 2.24) is 29.7 Å². The molecule has 0 aliphatic carbocycles. The minimum atomic E-state index is -0.899. The Morgan fingerprint density at radius 1 is 1.04 bits per heavy atom. The fourth-order valence-corrected chi connectivity index (χ4v) is 6.77. The summed E-state index contributed by atoms with van der Waals surface area (Å²) >= 11 is 0. The number of esters is 1. The highest BCUT2D eigenvalue weighted by Gasteiger charge is 2.30. The highest BCUT2D eigenvalue weighted by Crippen LogP contribution is 2.30. The number of fused-ring (bicyclic) bond motifs is 1. The van der Waals surface area contributed by atoms with E-state index in [-0.39, 0.29) is 50.7 Å². The molecule has 286 valence electrons. The molecule has 49 heavy (non-hydrogen) atoms. The number of hydrogen-bond acceptors (Lipinski definition) is 9. The number of aliphatic hydroxyl groups excluding tert-OH is 1. The topological polar surface area (TPSA) is 130 Å². The standard InChI is InChI=1S/C35H49FN6O6.CH4.8H2/c1-22-6-8-28(44)21-32(45)48-34(23(2)7-9-31(22)47-35(46)41-16-14-39(5)15-17-41)24(3)18-26-19-29(36)33-30(20-26)42(38-37-33)27-10-12-40(13-11-27)25(4)43;;;;;;;;;/h7,9,18-20,22-23,27-28,31,34,44H,6,8,10-17,21H2,1-5H3;1H4;8*1H/b9-7+,24-18+;;;;;;;;;/t22-,23-,28+,31-,34-;;;;;;;;;/m0........./s1/i;;7*1+1D;1+1. The van der Waals surface area contributed by atoms with Crippen molar-refractivity contribution in [2.24, 2.45) is 11.8 Å². The average molecular weight is 716 g/mol. The first-order chi connectivity index (χ1) is 29.9. The Kier molecular flexibility index (Phi) is 9.87. The number of piperazine rings is 1. The van der Waals surface area contributed by atoms with Crippen LogP contribution in [0.15, 0.2) is 29.9 Å². The molecule has 1 aromatic carbocycles. The molecule has 3 aliphatic rings. The van der Waals surface area contributed by atoms with E-state index in [1.54, 1.807) is 27.5 Å². The lowest BCUT2D eigenvalue weighted by atomic mass is 9.91. The molecule has 1 N–H and O–H groups in total. The summed E-state index contributed by atoms with van der Waals surface area (Å²) in [7, 11) is 2.02. The number of carbonyl (C=O) groups excluding carboxylic acids is 3. The summed E-state index contributed by atoms with van der Waals surface area (Å²) in [6, 6.07) is 3.20. The highest BCUT2D eigenvalue weighted by atomic mass is 19.1. The third-order valence-corrected chi connectivity index (χ3v) is 9.91. The van der Waals surface area contributed by atoms with Crippen molar-refractivity contribution in [1.29, 1.82) is 0 Å². The van der Waals surface area contributed by atoms with Gasteiger partial charge in [0.15, 0.2) is 5.82 Å². The largest absolute Gasteiger partial charge is 0.457 e. The number of aromatic nitrogens is 3. The van der Waals surface area contributed by atoms with Gasteiger partial charge in [-0.2, -0.15) is 0 Å². The van der Waals surface area contributed by atoms with E-state index < -0.39 is 30.1 Å². The smallest absolute Gasteiger partial charge is 0.410 e. The molecule has 0 spiro atoms. The van der Waals surface area contributed by atoms with E-state index in [2.05, 4.69) is 15.2 Å². The van der Waals surface area contributed by atoms with E-state index in [4.69, 9.17) is 30.3 Å². The van der Waals surface area contributed by atoms with Gasteiger partial charge in [0.2, 0.25) is 5.91 Å². The molecule has 2 saturated heterocycles. The van der Waals surface area contributed by atoms with Gasteiger partial charge in [0.05, 0.1) is 24.1 Å². The van der Waals surface area contributed by atoms with Crippen LogP contribution in [0.3, 0.4) is 0 Å². The molecule has 2 amide bonds. The second kappa shape index (κ2) is 16.7. The number of carbonyl (C=O) groups is 3. The zero-order valence-electron chi connectivity index (χ0n) is 42.7. The van der Waals surface area contributed by atoms with Crippen molar-refractivity contribution in [3.05, 3.63) is 41.2 Å². The van der Waals surface area contributed by atoms with Crippen LogP contribution in [0.2, 0.25) is 0 Å². The van der Waals surface area contributed by atoms with Gasteiger partial charge in [-0.3, -0.25) is 9.59 Å². The van der Waals surface area contributed by atoms with Crippen molar-refractivity contribution in [2.45, 2.75) is 91.6 Å². The van der Waals surface area contributed by atoms with Gasteiger partial charge in [0.25, 0.3) is 0 Å². The van der Waals surface area contributed by atoms with Crippen LogP contribution in [-0.2, 0) is 19.1 Å². The monoisotopic (exact) mass is 716 g/mol. The van der Waals surface area contributed by atoms with Crippen LogP contribution in [0.5, 0.6) is 0 Å². The van der Waals surface area contributed by atoms with Gasteiger partial charge >= 0.3 is 12.1 Å². The van der Waals surface area contributed by atoms with Gasteiger partial charge in [-0.05, 0) is 74.9 Å². The third kappa shape index (κ3) is 9.45. The quantitative estimate of drug-likeness (QED) is 0.268. The third-order valence-electron chi connectivity index (χ3n) is 9.91. The van der Waals surface area contributed by atoms with Crippen molar-refractivity contribution < 1.29 is 55.6 Å². The zero-order valence-corrected chi connectivity index (χ0v) is 28.7. The number of nitrogens with zero attached hydrogens (tertiary/aromatic N) is 6. The number of amides is 2. The lowest BCUT2D eigenvalue weighted by Crippen LogP contribution is -2.48. The van der Waals surface area contributed by atoms with E-state index in [1.807, 2.05) is 46.0 Å². The van der Waals surface area contributed by atoms with Crippen molar-refractivity contribution in [2.75, 3.05) is 46.3 Å². The number of hydrogen-bond donors (Lipinski definition) is 1. The minimum Gasteiger partial charge on any atom is -0.457 e. The lowest BCUT2D eigenvalue weighted by molar-refractivity contribution is -0.151. The van der Waals surface area contributed by atoms with Crippen LogP contribution in [0.25, 0.3) is 17.1 Å². The zero-order chi connectivity index (χ0) is 48.5. The van der Waals surface area contributed by atoms with Crippen molar-refractivity contribution in [3.63, 3.8) is 0 Å². The second-order valence-corrected chi connectivity index (χ2v) is 13.7. The minimum absolute atomic E-state index is 0. The lowest BCUT2D eigenvalue weighted by Gasteiger charge is -2.33. The molecule has 13 heteroatoms. The van der Waals surface area contributed by atoms with Crippen LogP contribution < -0.4 is 0 Å². The van der Waals surface area contributed by atoms with E-state index >= 15 is 4.39 Å². The van der Waals surface area contributed by atoms with Crippen LogP contribution in [0.4, 0.5) is 9.18 Å². The van der Waals surface area contributed by atoms with E-state index in [1.165, 1.54) is 6.07 Å². The molecule has 5 rings (SSSR count). The summed E-state index contributed by atoms with van der Waals surface area (Å²) in [5.74, 6) is -1.41. The molecule has 12 nitrogen and oxygen atoms in total. The van der Waals surface area contributed by atoms with E-state index in [9.17, 15) is 19.5 Å². The van der Waals surface area contributed by atoms with Gasteiger partial charge in [-0.25, -0.2) is 13.9 Å². The summed E-state index contributed by atoms with van der Waals surface area (Å²) in [5, 5.41) is 19.0. The van der Waals surface area contributed by atoms with Crippen LogP contribution in [0.1, 0.15) is 101 Å². The van der Waals surface area contributed by atoms with Crippen LogP contribution >= 0.6 is 0 Å². The molecule has 2 fully saturated rings. The van der Waals surface area contributed by atoms with Crippen LogP contribution in [-0.4, -0.2) is 117 Å². The molecular formula is C36H69FN6O6. The maximum Gasteiger partial charge on any atom is 0.410 e. The molecule has 0 saturated carbocycles. The summed E-state index contributed by atoms with van der Waals surface area (Å²) in [5.41, 5.74) is 1.97. The molecule has 3 aliphatic heterocycles. The summed E-state index contributed by atoms with van der Waals surface area (Å²) in [4.78, 5) is 43.6. The van der Waals surface area contributed by atoms with Gasteiger partial charge in [-0.15, -0.1) is 5.10 Å². The summed E-state index contributed by atoms with van der Waals surface area (Å²) < 4.78 is 99.0. The summed E-state index contributed by atoms with van der Waals surface area (Å²) in [6.45, 7) is 11.2. The fourth-order valence-electron chi connectivity index (χ4n) is 6.77. The number of benzene rings is 1. The predicted octanol–water partition coefficient (Wildman–Crippen LogP) is 6.80. The fraction of sp³-hybridized carbons (Fsp3) is 0.639. The van der Waals surface area contributed by atoms with Gasteiger partial charge in [0, 0.05) is 74.3 Å². The van der Waals surface area contributed by atoms with E-state index in [0.717, 1.165) is 13.1 Å². The number of rotatable bonds is 4. The number of likely N-dealkylation sites (tertiary alicyclic amines) is 1. The number of likely N-dealkylation sites (N-methyl/N-ethyl adjacent to an activating group) is 1. The van der Waals surface area contributed by atoms with Crippen molar-refractivity contribution in [3.8, 4) is 0 Å². The van der Waals surface area contributed by atoms with Crippen LogP contribution in [0, 0.1) is 17.7 Å². The molecule has 1 aromatic heterocycles. The normalized spacial score (nSPS) is 28.6. The number of ether oxygens (including phenoxy) is 2. The predicted molar refractivity (Wildman–Crippen MR) is 202 cm³/mol. The van der Waals surface area contributed by atoms with Gasteiger partial charge in [0.1, 0.15) is 17.7 Å². The Morgan fingerprint density at radius 2 is 1.73 bits per heavy atom. The molecule has 0 bridgehead atoms. The van der Waals surface area contributed by atoms with Crippen molar-refractivity contribution >= 4 is 35.1 Å². The van der Waals surface area contributed by atoms with Gasteiger partial charge < -0.3 is 29.3 Å². The first-order valence-electron chi connectivity index (χ1n) is 24.1. The number of aliphatic hydroxyl groups is 1. The Hall–Kier alpha value is -3.84. The maximum atomic E-state index is 15.3. The average Bonchev–Trinajstić information content (AvgIpc) is 3.75. The molecule has 4 heterocycles. The van der Waals surface area contributed by atoms with Gasteiger partial charge in [-0.1, -0.05) is 38.6 Å². The number of halogens is 1. The molecular weight excluding hydrogens is 631 g/mol. The Balaban J connectivity index is -0.000000661. The molecule has 0 radical (unpaired) electrons. The molecule has 5 atom stereocenters. The first-order valence-corrected chi connectivity index (χ1v) is 17.1. The second-order valence-electron chi connectivity index (χ2n) is 13.7. The maximum absolute atomic E-state index is 15.3. The first kappa shape index (κ1) is 28.9. The Bertz CT molecular complexity index is 1580. The number of piperidine rings is 1.